The number of aromatic amines is 1. The molecule has 1 aromatic heterocycles. The Morgan fingerprint density at radius 2 is 2.33 bits per heavy atom. The third-order valence-corrected chi connectivity index (χ3v) is 4.18. The van der Waals surface area contributed by atoms with Crippen LogP contribution in [-0.4, -0.2) is 44.9 Å². The molecule has 1 aromatic rings. The quantitative estimate of drug-likeness (QED) is 0.560. The summed E-state index contributed by atoms with van der Waals surface area (Å²) in [5.74, 6) is 0. The van der Waals surface area contributed by atoms with Gasteiger partial charge in [-0.05, 0) is 12.8 Å². The van der Waals surface area contributed by atoms with Gasteiger partial charge in [0.25, 0.3) is 10.0 Å². The predicted octanol–water partition coefficient (Wildman–Crippen LogP) is -0.414. The maximum absolute atomic E-state index is 12.0. The number of H-pyrrole nitrogens is 1. The fourth-order valence-corrected chi connectivity index (χ4v) is 2.69. The van der Waals surface area contributed by atoms with E-state index in [4.69, 9.17) is 4.74 Å². The van der Waals surface area contributed by atoms with Gasteiger partial charge < -0.3 is 10.1 Å². The lowest BCUT2D eigenvalue weighted by Crippen LogP contribution is -2.29. The first-order valence-electron chi connectivity index (χ1n) is 5.87. The van der Waals surface area contributed by atoms with Crippen LogP contribution in [0.3, 0.4) is 0 Å². The lowest BCUT2D eigenvalue weighted by atomic mass is 10.3. The van der Waals surface area contributed by atoms with Gasteiger partial charge in [-0.15, -0.1) is 0 Å². The van der Waals surface area contributed by atoms with Gasteiger partial charge in [0.2, 0.25) is 0 Å². The average Bonchev–Trinajstić information content (AvgIpc) is 3.03. The Kier molecular flexibility index (Phi) is 4.33. The van der Waals surface area contributed by atoms with Gasteiger partial charge in [-0.25, -0.2) is 13.1 Å². The van der Waals surface area contributed by atoms with Crippen LogP contribution >= 0.6 is 0 Å². The maximum atomic E-state index is 12.0. The molecule has 8 heteroatoms. The number of nitrogens with one attached hydrogen (secondary N) is 3. The number of hydrogen-bond donors (Lipinski definition) is 3. The van der Waals surface area contributed by atoms with Gasteiger partial charge in [-0.2, -0.15) is 5.10 Å². The molecular formula is C10H18N4O3S. The fraction of sp³-hybridized carbons (Fsp3) is 0.700. The van der Waals surface area contributed by atoms with E-state index < -0.39 is 10.0 Å². The Morgan fingerprint density at radius 3 is 3.00 bits per heavy atom. The second kappa shape index (κ2) is 5.79. The van der Waals surface area contributed by atoms with Crippen molar-refractivity contribution in [3.8, 4) is 0 Å². The van der Waals surface area contributed by atoms with Crippen molar-refractivity contribution in [1.82, 2.24) is 20.2 Å². The Bertz CT molecular complexity index is 481. The molecule has 0 aromatic carbocycles. The highest BCUT2D eigenvalue weighted by atomic mass is 32.2. The summed E-state index contributed by atoms with van der Waals surface area (Å²) in [5, 5.41) is 9.73. The second-order valence-electron chi connectivity index (χ2n) is 4.27. The number of hydrogen-bond acceptors (Lipinski definition) is 5. The highest BCUT2D eigenvalue weighted by Crippen LogP contribution is 2.20. The molecule has 0 unspecified atom stereocenters. The summed E-state index contributed by atoms with van der Waals surface area (Å²) in [6.07, 6.45) is 3.86. The average molecular weight is 274 g/mol. The molecule has 0 saturated heterocycles. The van der Waals surface area contributed by atoms with Gasteiger partial charge >= 0.3 is 0 Å². The smallest absolute Gasteiger partial charge is 0.257 e. The van der Waals surface area contributed by atoms with E-state index in [1.165, 1.54) is 7.11 Å². The van der Waals surface area contributed by atoms with Crippen LogP contribution in [0.25, 0.3) is 0 Å². The topological polar surface area (TPSA) is 96.1 Å². The molecule has 0 radical (unpaired) electrons. The highest BCUT2D eigenvalue weighted by Gasteiger charge is 2.24. The number of ether oxygens (including phenoxy) is 1. The molecule has 0 aliphatic heterocycles. The minimum absolute atomic E-state index is 0.131. The van der Waals surface area contributed by atoms with Crippen LogP contribution in [0.2, 0.25) is 0 Å². The van der Waals surface area contributed by atoms with E-state index in [0.717, 1.165) is 12.8 Å². The van der Waals surface area contributed by atoms with Crippen LogP contribution in [0.5, 0.6) is 0 Å². The molecule has 3 N–H and O–H groups in total. The van der Waals surface area contributed by atoms with E-state index in [1.54, 1.807) is 6.20 Å². The minimum Gasteiger partial charge on any atom is -0.383 e. The van der Waals surface area contributed by atoms with Crippen LogP contribution in [-0.2, 0) is 21.3 Å². The van der Waals surface area contributed by atoms with Gasteiger partial charge in [0.15, 0.2) is 5.03 Å². The molecule has 2 rings (SSSR count). The first kappa shape index (κ1) is 13.5. The van der Waals surface area contributed by atoms with E-state index in [1.807, 2.05) is 0 Å². The van der Waals surface area contributed by atoms with E-state index in [0.29, 0.717) is 24.8 Å². The molecule has 1 fully saturated rings. The molecule has 1 saturated carbocycles. The van der Waals surface area contributed by atoms with Crippen molar-refractivity contribution in [3.05, 3.63) is 11.8 Å². The molecule has 0 amide bonds. The lowest BCUT2D eigenvalue weighted by molar-refractivity contribution is 0.204. The molecule has 18 heavy (non-hydrogen) atoms. The second-order valence-corrected chi connectivity index (χ2v) is 5.97. The zero-order chi connectivity index (χ0) is 13.0. The monoisotopic (exact) mass is 274 g/mol. The van der Waals surface area contributed by atoms with Crippen molar-refractivity contribution in [1.29, 1.82) is 0 Å². The summed E-state index contributed by atoms with van der Waals surface area (Å²) in [4.78, 5) is 0. The number of methoxy groups -OCH3 is 1. The Morgan fingerprint density at radius 1 is 1.56 bits per heavy atom. The summed E-state index contributed by atoms with van der Waals surface area (Å²) < 4.78 is 31.2. The first-order chi connectivity index (χ1) is 8.63. The maximum Gasteiger partial charge on any atom is 0.257 e. The first-order valence-corrected chi connectivity index (χ1v) is 7.36. The molecule has 0 atom stereocenters. The summed E-state index contributed by atoms with van der Waals surface area (Å²) in [7, 11) is -2.01. The molecule has 1 aliphatic carbocycles. The van der Waals surface area contributed by atoms with Gasteiger partial charge in [0.05, 0.1) is 12.8 Å². The van der Waals surface area contributed by atoms with Gasteiger partial charge in [-0.3, -0.25) is 5.10 Å². The lowest BCUT2D eigenvalue weighted by Gasteiger charge is -2.07. The van der Waals surface area contributed by atoms with Crippen LogP contribution < -0.4 is 10.0 Å². The van der Waals surface area contributed by atoms with E-state index in [-0.39, 0.29) is 11.6 Å². The third kappa shape index (κ3) is 3.52. The molecule has 0 bridgehead atoms. The van der Waals surface area contributed by atoms with E-state index in [2.05, 4.69) is 20.2 Å². The van der Waals surface area contributed by atoms with Crippen molar-refractivity contribution in [2.75, 3.05) is 20.3 Å². The number of sulfonamides is 1. The Hall–Kier alpha value is -0.960. The zero-order valence-corrected chi connectivity index (χ0v) is 11.1. The normalized spacial score (nSPS) is 16.1. The van der Waals surface area contributed by atoms with E-state index >= 15 is 0 Å². The van der Waals surface area contributed by atoms with Crippen molar-refractivity contribution < 1.29 is 13.2 Å². The zero-order valence-electron chi connectivity index (χ0n) is 10.3. The number of rotatable bonds is 8. The minimum atomic E-state index is -3.54. The summed E-state index contributed by atoms with van der Waals surface area (Å²) in [5.41, 5.74) is 0.659. The van der Waals surface area contributed by atoms with Crippen molar-refractivity contribution in [2.45, 2.75) is 30.5 Å². The van der Waals surface area contributed by atoms with Crippen molar-refractivity contribution in [2.24, 2.45) is 0 Å². The fourth-order valence-electron chi connectivity index (χ4n) is 1.55. The van der Waals surface area contributed by atoms with Gasteiger partial charge in [0.1, 0.15) is 0 Å². The standard InChI is InChI=1S/C10H18N4O3S/c1-17-5-4-13-18(15,16)10-8(7-12-14-10)6-11-9-2-3-9/h7,9,11,13H,2-6H2,1H3,(H,12,14). The van der Waals surface area contributed by atoms with Crippen LogP contribution in [0, 0.1) is 0 Å². The largest absolute Gasteiger partial charge is 0.383 e. The third-order valence-electron chi connectivity index (χ3n) is 2.70. The predicted molar refractivity (Wildman–Crippen MR) is 65.5 cm³/mol. The Labute approximate surface area is 106 Å². The molecule has 7 nitrogen and oxygen atoms in total. The van der Waals surface area contributed by atoms with Gasteiger partial charge in [0, 0.05) is 31.8 Å². The summed E-state index contributed by atoms with van der Waals surface area (Å²) in [6, 6.07) is 0.525. The van der Waals surface area contributed by atoms with Gasteiger partial charge in [-0.1, -0.05) is 0 Å². The highest BCUT2D eigenvalue weighted by molar-refractivity contribution is 7.89. The molecule has 102 valence electrons. The van der Waals surface area contributed by atoms with Crippen LogP contribution in [0.4, 0.5) is 0 Å². The van der Waals surface area contributed by atoms with Crippen molar-refractivity contribution >= 4 is 10.0 Å². The summed E-state index contributed by atoms with van der Waals surface area (Å²) in [6.45, 7) is 1.10. The number of aromatic nitrogens is 2. The number of nitrogens with zero attached hydrogens (tertiary/aromatic N) is 1. The van der Waals surface area contributed by atoms with Crippen LogP contribution in [0.15, 0.2) is 11.2 Å². The summed E-state index contributed by atoms with van der Waals surface area (Å²) >= 11 is 0. The van der Waals surface area contributed by atoms with Crippen LogP contribution in [0.1, 0.15) is 18.4 Å². The molecular weight excluding hydrogens is 256 g/mol. The Balaban J connectivity index is 1.99. The van der Waals surface area contributed by atoms with E-state index in [9.17, 15) is 8.42 Å². The molecule has 0 spiro atoms. The SMILES string of the molecule is COCCNS(=O)(=O)c1[nH]ncc1CNC1CC1. The van der Waals surface area contributed by atoms with Crippen molar-refractivity contribution in [3.63, 3.8) is 0 Å². The molecule has 1 heterocycles. The molecule has 1 aliphatic rings.